The number of alkyl halides is 3. The van der Waals surface area contributed by atoms with Crippen LogP contribution in [0.3, 0.4) is 0 Å². The first-order valence-corrected chi connectivity index (χ1v) is 7.63. The van der Waals surface area contributed by atoms with Gasteiger partial charge in [0.2, 0.25) is 0 Å². The van der Waals surface area contributed by atoms with Crippen molar-refractivity contribution in [3.8, 4) is 0 Å². The molecule has 7 heteroatoms. The van der Waals surface area contributed by atoms with Crippen LogP contribution in [-0.4, -0.2) is 14.4 Å². The van der Waals surface area contributed by atoms with Crippen LogP contribution in [-0.2, 0) is 12.7 Å². The van der Waals surface area contributed by atoms with Gasteiger partial charge >= 0.3 is 6.18 Å². The van der Waals surface area contributed by atoms with Crippen molar-refractivity contribution in [3.63, 3.8) is 0 Å². The van der Waals surface area contributed by atoms with Gasteiger partial charge in [-0.3, -0.25) is 4.40 Å². The molecule has 0 saturated carbocycles. The number of nitrogens with one attached hydrogen (secondary N) is 1. The van der Waals surface area contributed by atoms with Crippen molar-refractivity contribution < 1.29 is 13.2 Å². The van der Waals surface area contributed by atoms with E-state index in [0.717, 1.165) is 34.2 Å². The summed E-state index contributed by atoms with van der Waals surface area (Å²) >= 11 is 0. The number of para-hydroxylation sites is 2. The van der Waals surface area contributed by atoms with Gasteiger partial charge in [-0.1, -0.05) is 24.3 Å². The molecule has 0 aliphatic rings. The van der Waals surface area contributed by atoms with Gasteiger partial charge in [-0.2, -0.15) is 13.2 Å². The van der Waals surface area contributed by atoms with E-state index in [1.54, 1.807) is 12.5 Å². The summed E-state index contributed by atoms with van der Waals surface area (Å²) in [5, 5.41) is 3.19. The summed E-state index contributed by atoms with van der Waals surface area (Å²) < 4.78 is 39.8. The van der Waals surface area contributed by atoms with E-state index in [1.165, 1.54) is 12.1 Å². The minimum Gasteiger partial charge on any atom is -0.364 e. The maximum atomic E-state index is 12.6. The lowest BCUT2D eigenvalue weighted by Crippen LogP contribution is -2.06. The molecule has 2 aromatic heterocycles. The summed E-state index contributed by atoms with van der Waals surface area (Å²) in [4.78, 5) is 8.76. The third-order valence-corrected chi connectivity index (χ3v) is 4.00. The minimum atomic E-state index is -4.32. The third-order valence-electron chi connectivity index (χ3n) is 4.00. The number of benzene rings is 2. The number of halogens is 3. The second-order valence-corrected chi connectivity index (χ2v) is 5.65. The van der Waals surface area contributed by atoms with Crippen molar-refractivity contribution in [2.75, 3.05) is 5.32 Å². The predicted molar refractivity (Wildman–Crippen MR) is 89.3 cm³/mol. The first-order chi connectivity index (χ1) is 12.0. The van der Waals surface area contributed by atoms with E-state index in [-0.39, 0.29) is 0 Å². The van der Waals surface area contributed by atoms with Gasteiger partial charge in [-0.25, -0.2) is 9.97 Å². The number of imidazole rings is 1. The molecule has 0 unspecified atom stereocenters. The Morgan fingerprint density at radius 1 is 0.960 bits per heavy atom. The normalized spacial score (nSPS) is 12.0. The second kappa shape index (κ2) is 5.77. The zero-order valence-electron chi connectivity index (χ0n) is 13.0. The molecule has 0 bridgehead atoms. The van der Waals surface area contributed by atoms with Gasteiger partial charge in [0.1, 0.15) is 5.52 Å². The zero-order chi connectivity index (χ0) is 17.4. The number of rotatable bonds is 3. The summed E-state index contributed by atoms with van der Waals surface area (Å²) in [5.74, 6) is 0.635. The minimum absolute atomic E-state index is 0.365. The molecular weight excluding hydrogens is 329 g/mol. The Hall–Kier alpha value is -3.09. The predicted octanol–water partition coefficient (Wildman–Crippen LogP) is 4.51. The molecule has 0 aliphatic heterocycles. The Morgan fingerprint density at radius 3 is 2.48 bits per heavy atom. The lowest BCUT2D eigenvalue weighted by molar-refractivity contribution is -0.137. The lowest BCUT2D eigenvalue weighted by Gasteiger charge is -2.11. The van der Waals surface area contributed by atoms with Crippen LogP contribution in [0, 0.1) is 0 Å². The fourth-order valence-electron chi connectivity index (χ4n) is 2.73. The number of anilines is 1. The van der Waals surface area contributed by atoms with Gasteiger partial charge in [-0.15, -0.1) is 0 Å². The van der Waals surface area contributed by atoms with E-state index in [1.807, 2.05) is 28.7 Å². The van der Waals surface area contributed by atoms with Crippen molar-refractivity contribution in [1.82, 2.24) is 14.4 Å². The van der Waals surface area contributed by atoms with Gasteiger partial charge in [0.05, 0.1) is 29.1 Å². The molecule has 0 saturated heterocycles. The number of nitrogens with zero attached hydrogens (tertiary/aromatic N) is 3. The molecular formula is C18H13F3N4. The van der Waals surface area contributed by atoms with Crippen LogP contribution in [0.15, 0.2) is 61.1 Å². The van der Waals surface area contributed by atoms with E-state index in [9.17, 15) is 13.2 Å². The highest BCUT2D eigenvalue weighted by atomic mass is 19.4. The Balaban J connectivity index is 1.63. The molecule has 0 spiro atoms. The van der Waals surface area contributed by atoms with Crippen LogP contribution < -0.4 is 5.32 Å². The largest absolute Gasteiger partial charge is 0.416 e. The fraction of sp³-hybridized carbons (Fsp3) is 0.111. The lowest BCUT2D eigenvalue weighted by atomic mass is 10.1. The quantitative estimate of drug-likeness (QED) is 0.595. The standard InChI is InChI=1S/C18H13F3N4/c19-18(20,21)13-7-5-12(6-8-13)9-23-17-16-10-22-11-25(16)15-4-2-1-3-14(15)24-17/h1-8,10-11H,9H2,(H,23,24). The van der Waals surface area contributed by atoms with Crippen molar-refractivity contribution >= 4 is 22.4 Å². The average Bonchev–Trinajstić information content (AvgIpc) is 3.09. The van der Waals surface area contributed by atoms with E-state index < -0.39 is 11.7 Å². The monoisotopic (exact) mass is 342 g/mol. The van der Waals surface area contributed by atoms with Gasteiger partial charge in [0.25, 0.3) is 0 Å². The highest BCUT2D eigenvalue weighted by Crippen LogP contribution is 2.29. The van der Waals surface area contributed by atoms with Crippen LogP contribution in [0.4, 0.5) is 19.0 Å². The highest BCUT2D eigenvalue weighted by Gasteiger charge is 2.29. The van der Waals surface area contributed by atoms with Gasteiger partial charge in [0, 0.05) is 6.54 Å². The summed E-state index contributed by atoms with van der Waals surface area (Å²) in [7, 11) is 0. The van der Waals surface area contributed by atoms with E-state index in [2.05, 4.69) is 15.3 Å². The first-order valence-electron chi connectivity index (χ1n) is 7.63. The average molecular weight is 342 g/mol. The Morgan fingerprint density at radius 2 is 1.72 bits per heavy atom. The number of hydrogen-bond acceptors (Lipinski definition) is 3. The Kier molecular flexibility index (Phi) is 3.56. The second-order valence-electron chi connectivity index (χ2n) is 5.65. The Labute approximate surface area is 141 Å². The topological polar surface area (TPSA) is 42.2 Å². The molecule has 4 rings (SSSR count). The maximum absolute atomic E-state index is 12.6. The molecule has 1 N–H and O–H groups in total. The van der Waals surface area contributed by atoms with Gasteiger partial charge in [-0.05, 0) is 29.8 Å². The fourth-order valence-corrected chi connectivity index (χ4v) is 2.73. The first kappa shape index (κ1) is 15.4. The van der Waals surface area contributed by atoms with E-state index in [4.69, 9.17) is 0 Å². The summed E-state index contributed by atoms with van der Waals surface area (Å²) in [6.45, 7) is 0.365. The van der Waals surface area contributed by atoms with Crippen molar-refractivity contribution in [2.24, 2.45) is 0 Å². The Bertz CT molecular complexity index is 1040. The van der Waals surface area contributed by atoms with E-state index in [0.29, 0.717) is 12.4 Å². The van der Waals surface area contributed by atoms with Crippen LogP contribution >= 0.6 is 0 Å². The maximum Gasteiger partial charge on any atom is 0.416 e. The smallest absolute Gasteiger partial charge is 0.364 e. The van der Waals surface area contributed by atoms with Crippen LogP contribution in [0.2, 0.25) is 0 Å². The van der Waals surface area contributed by atoms with Gasteiger partial charge in [0.15, 0.2) is 5.82 Å². The van der Waals surface area contributed by atoms with Crippen LogP contribution in [0.5, 0.6) is 0 Å². The molecule has 4 nitrogen and oxygen atoms in total. The summed E-state index contributed by atoms with van der Waals surface area (Å²) in [6, 6.07) is 12.8. The number of hydrogen-bond donors (Lipinski definition) is 1. The highest BCUT2D eigenvalue weighted by molar-refractivity contribution is 5.84. The summed E-state index contributed by atoms with van der Waals surface area (Å²) in [6.07, 6.45) is -0.910. The molecule has 126 valence electrons. The van der Waals surface area contributed by atoms with Crippen molar-refractivity contribution in [3.05, 3.63) is 72.2 Å². The van der Waals surface area contributed by atoms with Gasteiger partial charge < -0.3 is 5.32 Å². The zero-order valence-corrected chi connectivity index (χ0v) is 13.0. The molecule has 0 amide bonds. The third kappa shape index (κ3) is 2.88. The molecule has 4 aromatic rings. The van der Waals surface area contributed by atoms with Crippen molar-refractivity contribution in [1.29, 1.82) is 0 Å². The van der Waals surface area contributed by atoms with E-state index >= 15 is 0 Å². The molecule has 0 radical (unpaired) electrons. The molecule has 0 aliphatic carbocycles. The number of aromatic nitrogens is 3. The molecule has 2 heterocycles. The molecule has 25 heavy (non-hydrogen) atoms. The molecule has 2 aromatic carbocycles. The summed E-state index contributed by atoms with van der Waals surface area (Å²) in [5.41, 5.74) is 2.64. The molecule has 0 fully saturated rings. The van der Waals surface area contributed by atoms with Crippen LogP contribution in [0.25, 0.3) is 16.6 Å². The van der Waals surface area contributed by atoms with Crippen molar-refractivity contribution in [2.45, 2.75) is 12.7 Å². The molecule has 0 atom stereocenters. The number of fused-ring (bicyclic) bond motifs is 3. The SMILES string of the molecule is FC(F)(F)c1ccc(CNc2nc3ccccc3n3cncc23)cc1. The van der Waals surface area contributed by atoms with Crippen LogP contribution in [0.1, 0.15) is 11.1 Å².